The van der Waals surface area contributed by atoms with E-state index in [1.165, 1.54) is 22.5 Å². The van der Waals surface area contributed by atoms with Crippen molar-refractivity contribution in [3.8, 4) is 17.1 Å². The number of aromatic nitrogens is 1. The molecule has 0 fully saturated rings. The molecule has 0 radical (unpaired) electrons. The summed E-state index contributed by atoms with van der Waals surface area (Å²) in [6.45, 7) is 0. The van der Waals surface area contributed by atoms with Crippen LogP contribution in [0.1, 0.15) is 34.9 Å². The van der Waals surface area contributed by atoms with Gasteiger partial charge < -0.3 is 9.15 Å². The van der Waals surface area contributed by atoms with Crippen LogP contribution in [0.25, 0.3) is 23.1 Å². The predicted molar refractivity (Wildman–Crippen MR) is 155 cm³/mol. The molecule has 7 heteroatoms. The van der Waals surface area contributed by atoms with Crippen molar-refractivity contribution in [3.05, 3.63) is 138 Å². The van der Waals surface area contributed by atoms with E-state index in [-0.39, 0.29) is 11.6 Å². The summed E-state index contributed by atoms with van der Waals surface area (Å²) < 4.78 is 13.9. The van der Waals surface area contributed by atoms with E-state index in [9.17, 15) is 4.79 Å². The zero-order chi connectivity index (χ0) is 26.5. The molecule has 1 aliphatic heterocycles. The fourth-order valence-electron chi connectivity index (χ4n) is 5.47. The first-order chi connectivity index (χ1) is 19.1. The summed E-state index contributed by atoms with van der Waals surface area (Å²) in [7, 11) is 1.66. The van der Waals surface area contributed by atoms with Crippen LogP contribution in [0.4, 0.5) is 0 Å². The number of hydrogen-bond donors (Lipinski definition) is 0. The van der Waals surface area contributed by atoms with Crippen molar-refractivity contribution in [2.45, 2.75) is 18.9 Å². The van der Waals surface area contributed by atoms with Crippen LogP contribution >= 0.6 is 22.9 Å². The Labute approximate surface area is 233 Å². The van der Waals surface area contributed by atoms with Crippen molar-refractivity contribution < 1.29 is 9.15 Å². The van der Waals surface area contributed by atoms with Gasteiger partial charge >= 0.3 is 0 Å². The quantitative estimate of drug-likeness (QED) is 0.266. The second-order valence-corrected chi connectivity index (χ2v) is 11.0. The Morgan fingerprint density at radius 2 is 1.87 bits per heavy atom. The molecule has 0 amide bonds. The Hall–Kier alpha value is -4.13. The lowest BCUT2D eigenvalue weighted by atomic mass is 9.83. The maximum atomic E-state index is 13.9. The van der Waals surface area contributed by atoms with Crippen LogP contribution in [0, 0.1) is 0 Å². The van der Waals surface area contributed by atoms with Crippen LogP contribution in [0.3, 0.4) is 0 Å². The number of ether oxygens (including phenoxy) is 1. The van der Waals surface area contributed by atoms with E-state index < -0.39 is 0 Å². The molecular weight excluding hydrogens is 528 g/mol. The zero-order valence-electron chi connectivity index (χ0n) is 21.1. The molecule has 0 spiro atoms. The minimum atomic E-state index is -0.240. The number of halogens is 1. The lowest BCUT2D eigenvalue weighted by Crippen LogP contribution is -2.38. The first-order valence-electron chi connectivity index (χ1n) is 12.7. The third kappa shape index (κ3) is 4.17. The Morgan fingerprint density at radius 1 is 1.03 bits per heavy atom. The third-order valence-corrected chi connectivity index (χ3v) is 8.53. The lowest BCUT2D eigenvalue weighted by Gasteiger charge is -2.30. The van der Waals surface area contributed by atoms with Gasteiger partial charge in [0.25, 0.3) is 5.56 Å². The first kappa shape index (κ1) is 23.9. The average Bonchev–Trinajstić information content (AvgIpc) is 3.56. The number of aryl methyl sites for hydroxylation is 1. The molecule has 192 valence electrons. The largest absolute Gasteiger partial charge is 0.497 e. The molecule has 39 heavy (non-hydrogen) atoms. The highest BCUT2D eigenvalue weighted by Crippen LogP contribution is 2.41. The summed E-state index contributed by atoms with van der Waals surface area (Å²) in [4.78, 5) is 19.7. The van der Waals surface area contributed by atoms with Gasteiger partial charge in [-0.3, -0.25) is 9.36 Å². The molecule has 7 rings (SSSR count). The van der Waals surface area contributed by atoms with Crippen LogP contribution in [0.2, 0.25) is 5.02 Å². The highest BCUT2D eigenvalue weighted by atomic mass is 35.5. The van der Waals surface area contributed by atoms with Gasteiger partial charge in [0.1, 0.15) is 17.3 Å². The number of hydrogen-bond acceptors (Lipinski definition) is 5. The number of rotatable bonds is 4. The molecule has 5 nitrogen and oxygen atoms in total. The number of furan rings is 1. The standard InChI is InChI=1S/C32H23ClN2O3S/c1-37-23-12-9-20(10-13-23)30-26-15-11-19-5-2-3-8-25(19)29(26)34-32-35(30)31(36)28(39-32)18-24-14-16-27(38-24)21-6-4-7-22(33)17-21/h2-10,12-14,16-18,30H,11,15H2,1H3/b28-18+/t30-/m0/s1. The van der Waals surface area contributed by atoms with Crippen LogP contribution < -0.4 is 19.6 Å². The van der Waals surface area contributed by atoms with E-state index in [1.807, 2.05) is 65.2 Å². The summed E-state index contributed by atoms with van der Waals surface area (Å²) in [5.74, 6) is 2.08. The molecule has 5 aromatic rings. The maximum absolute atomic E-state index is 13.9. The van der Waals surface area contributed by atoms with Crippen LogP contribution in [-0.2, 0) is 6.42 Å². The molecule has 3 aromatic carbocycles. The fraction of sp³-hybridized carbons (Fsp3) is 0.125. The summed E-state index contributed by atoms with van der Waals surface area (Å²) >= 11 is 7.55. The number of nitrogens with zero attached hydrogens (tertiary/aromatic N) is 2. The summed E-state index contributed by atoms with van der Waals surface area (Å²) in [5, 5.41) is 0.642. The number of allylic oxidation sites excluding steroid dienone is 1. The first-order valence-corrected chi connectivity index (χ1v) is 13.9. The topological polar surface area (TPSA) is 56.7 Å². The third-order valence-electron chi connectivity index (χ3n) is 7.31. The second kappa shape index (κ2) is 9.56. The molecule has 2 aromatic heterocycles. The van der Waals surface area contributed by atoms with E-state index in [0.717, 1.165) is 41.0 Å². The van der Waals surface area contributed by atoms with Gasteiger partial charge in [0, 0.05) is 22.2 Å². The number of benzene rings is 3. The van der Waals surface area contributed by atoms with Crippen molar-refractivity contribution in [3.63, 3.8) is 0 Å². The van der Waals surface area contributed by atoms with E-state index in [1.54, 1.807) is 13.2 Å². The molecule has 0 bridgehead atoms. The van der Waals surface area contributed by atoms with Gasteiger partial charge in [-0.25, -0.2) is 4.99 Å². The highest BCUT2D eigenvalue weighted by Gasteiger charge is 2.32. The fourth-order valence-corrected chi connectivity index (χ4v) is 6.64. The Bertz CT molecular complexity index is 1950. The minimum Gasteiger partial charge on any atom is -0.497 e. The molecule has 0 saturated heterocycles. The summed E-state index contributed by atoms with van der Waals surface area (Å²) in [6.07, 6.45) is 3.57. The molecule has 0 unspecified atom stereocenters. The minimum absolute atomic E-state index is 0.0781. The molecule has 1 aliphatic carbocycles. The van der Waals surface area contributed by atoms with E-state index in [2.05, 4.69) is 24.3 Å². The zero-order valence-corrected chi connectivity index (χ0v) is 22.6. The highest BCUT2D eigenvalue weighted by molar-refractivity contribution is 7.07. The molecule has 2 aliphatic rings. The van der Waals surface area contributed by atoms with Crippen LogP contribution in [0.15, 0.2) is 105 Å². The molecule has 0 N–H and O–H groups in total. The van der Waals surface area contributed by atoms with Gasteiger partial charge in [0.15, 0.2) is 4.80 Å². The normalized spacial score (nSPS) is 16.4. The number of fused-ring (bicyclic) bond motifs is 3. The van der Waals surface area contributed by atoms with Crippen molar-refractivity contribution in [2.75, 3.05) is 7.11 Å². The van der Waals surface area contributed by atoms with Gasteiger partial charge in [0.2, 0.25) is 0 Å². The summed E-state index contributed by atoms with van der Waals surface area (Å²) in [6, 6.07) is 27.4. The molecule has 1 atom stereocenters. The second-order valence-electron chi connectivity index (χ2n) is 9.60. The van der Waals surface area contributed by atoms with Crippen molar-refractivity contribution in [2.24, 2.45) is 4.99 Å². The summed E-state index contributed by atoms with van der Waals surface area (Å²) in [5.41, 5.74) is 6.42. The van der Waals surface area contributed by atoms with Gasteiger partial charge in [0.05, 0.1) is 23.4 Å². The van der Waals surface area contributed by atoms with Crippen LogP contribution in [0.5, 0.6) is 5.75 Å². The number of thiazole rings is 1. The molecule has 3 heterocycles. The van der Waals surface area contributed by atoms with Crippen molar-refractivity contribution >= 4 is 34.7 Å². The monoisotopic (exact) mass is 550 g/mol. The number of methoxy groups -OCH3 is 1. The SMILES string of the molecule is COc1ccc([C@H]2C3=C(N=c4s/c(=C/c5ccc(-c6cccc(Cl)c6)o5)c(=O)n42)c2ccccc2CC3)cc1. The Morgan fingerprint density at radius 3 is 2.69 bits per heavy atom. The smallest absolute Gasteiger partial charge is 0.271 e. The maximum Gasteiger partial charge on any atom is 0.271 e. The van der Waals surface area contributed by atoms with Crippen molar-refractivity contribution in [1.82, 2.24) is 4.57 Å². The van der Waals surface area contributed by atoms with Crippen molar-refractivity contribution in [1.29, 1.82) is 0 Å². The Balaban J connectivity index is 1.39. The van der Waals surface area contributed by atoms with E-state index >= 15 is 0 Å². The predicted octanol–water partition coefficient (Wildman–Crippen LogP) is 6.24. The van der Waals surface area contributed by atoms with E-state index in [0.29, 0.717) is 25.9 Å². The Kier molecular flexibility index (Phi) is 5.87. The van der Waals surface area contributed by atoms with Gasteiger partial charge in [-0.1, -0.05) is 71.5 Å². The van der Waals surface area contributed by atoms with Crippen LogP contribution in [-0.4, -0.2) is 11.7 Å². The van der Waals surface area contributed by atoms with Gasteiger partial charge in [-0.15, -0.1) is 0 Å². The van der Waals surface area contributed by atoms with E-state index in [4.69, 9.17) is 25.7 Å². The molecular formula is C32H23ClN2O3S. The average molecular weight is 551 g/mol. The lowest BCUT2D eigenvalue weighted by molar-refractivity contribution is 0.414. The molecule has 0 saturated carbocycles. The van der Waals surface area contributed by atoms with Gasteiger partial charge in [-0.2, -0.15) is 0 Å². The van der Waals surface area contributed by atoms with Gasteiger partial charge in [-0.05, 0) is 65.9 Å².